The van der Waals surface area contributed by atoms with Crippen molar-refractivity contribution in [3.05, 3.63) is 121 Å². The quantitative estimate of drug-likeness (QED) is 0.128. The molecule has 0 spiro atoms. The van der Waals surface area contributed by atoms with Crippen molar-refractivity contribution in [3.63, 3.8) is 0 Å². The van der Waals surface area contributed by atoms with Crippen LogP contribution in [-0.2, 0) is 3.02 Å². The molecule has 0 aromatic heterocycles. The van der Waals surface area contributed by atoms with Crippen molar-refractivity contribution in [2.45, 2.75) is 72.4 Å². The second kappa shape index (κ2) is 17.2. The predicted molar refractivity (Wildman–Crippen MR) is 176 cm³/mol. The van der Waals surface area contributed by atoms with Crippen molar-refractivity contribution in [2.24, 2.45) is 0 Å². The third-order valence-electron chi connectivity index (χ3n) is 7.58. The summed E-state index contributed by atoms with van der Waals surface area (Å²) in [5.74, 6) is 0. The summed E-state index contributed by atoms with van der Waals surface area (Å²) < 4.78 is 21.8. The van der Waals surface area contributed by atoms with Crippen molar-refractivity contribution >= 4 is 51.5 Å². The fourth-order valence-electron chi connectivity index (χ4n) is 5.43. The molecule has 0 aliphatic heterocycles. The van der Waals surface area contributed by atoms with Gasteiger partial charge in [0.15, 0.2) is 0 Å². The second-order valence-electron chi connectivity index (χ2n) is 10.5. The number of hydrogen-bond donors (Lipinski definition) is 0. The third-order valence-corrected chi connectivity index (χ3v) is 31.0. The number of hydrogen-bond acceptors (Lipinski definition) is 1. The first-order chi connectivity index (χ1) is 19.1. The minimum absolute atomic E-state index is 1.09. The minimum atomic E-state index is -3.31. The predicted octanol–water partition coefficient (Wildman–Crippen LogP) is 7.83. The van der Waals surface area contributed by atoms with Crippen LogP contribution in [0, 0.1) is 0 Å². The first kappa shape index (κ1) is 31.8. The normalized spacial score (nSPS) is 11.5. The molecule has 206 valence electrons. The molecule has 4 rings (SSSR count). The Hall–Kier alpha value is -1.70. The summed E-state index contributed by atoms with van der Waals surface area (Å²) in [6, 6.07) is 44.4. The van der Waals surface area contributed by atoms with Gasteiger partial charge in [0, 0.05) is 0 Å². The topological polar surface area (TPSA) is 17.1 Å². The van der Waals surface area contributed by atoms with Crippen LogP contribution in [0.4, 0.5) is 0 Å². The summed E-state index contributed by atoms with van der Waals surface area (Å²) in [5, 5.41) is 0. The van der Waals surface area contributed by atoms with E-state index in [-0.39, 0.29) is 0 Å². The molecule has 39 heavy (non-hydrogen) atoms. The average Bonchev–Trinajstić information content (AvgIpc) is 3.01. The standard InChI is InChI=1S/4C6H5.3C4H9.O.Sb.Sn/c4*1-2-4-6-5-3-1;3*1-3-4-2;;;/h4*1-5H;3*1,3-4H2,2H3;;;. The fourth-order valence-corrected chi connectivity index (χ4v) is 28.6. The van der Waals surface area contributed by atoms with E-state index in [0.29, 0.717) is 0 Å². The van der Waals surface area contributed by atoms with Crippen LogP contribution in [0.1, 0.15) is 59.3 Å². The third kappa shape index (κ3) is 8.89. The number of rotatable bonds is 13. The Morgan fingerprint density at radius 3 is 0.872 bits per heavy atom. The Morgan fingerprint density at radius 1 is 0.436 bits per heavy atom. The van der Waals surface area contributed by atoms with Crippen LogP contribution in [0.15, 0.2) is 121 Å². The van der Waals surface area contributed by atoms with E-state index in [4.69, 9.17) is 0 Å². The van der Waals surface area contributed by atoms with E-state index in [2.05, 4.69) is 142 Å². The van der Waals surface area contributed by atoms with Crippen molar-refractivity contribution in [3.8, 4) is 0 Å². The molecule has 0 bridgehead atoms. The first-order valence-electron chi connectivity index (χ1n) is 14.9. The van der Waals surface area contributed by atoms with Crippen LogP contribution in [0.5, 0.6) is 0 Å². The fraction of sp³-hybridized carbons (Fsp3) is 0.333. The summed E-state index contributed by atoms with van der Waals surface area (Å²) >= 11 is -6.02. The summed E-state index contributed by atoms with van der Waals surface area (Å²) in [7, 11) is 0. The van der Waals surface area contributed by atoms with E-state index in [9.17, 15) is 3.02 Å². The summed E-state index contributed by atoms with van der Waals surface area (Å²) in [4.78, 5) is 0. The van der Waals surface area contributed by atoms with Gasteiger partial charge in [-0.15, -0.1) is 0 Å². The first-order valence-corrected chi connectivity index (χ1v) is 27.1. The van der Waals surface area contributed by atoms with E-state index >= 15 is 0 Å². The van der Waals surface area contributed by atoms with Gasteiger partial charge in [0.05, 0.1) is 0 Å². The molecule has 1 nitrogen and oxygen atoms in total. The molecule has 0 aliphatic rings. The Balaban J connectivity index is 0.000000258. The van der Waals surface area contributed by atoms with Gasteiger partial charge in [0.2, 0.25) is 0 Å². The molecule has 0 heterocycles. The van der Waals surface area contributed by atoms with Gasteiger partial charge in [-0.2, -0.15) is 0 Å². The molecule has 0 amide bonds. The maximum absolute atomic E-state index is 12.6. The van der Waals surface area contributed by atoms with Crippen molar-refractivity contribution in [1.29, 1.82) is 0 Å². The molecule has 0 radical (unpaired) electrons. The molecule has 4 aromatic carbocycles. The molecule has 0 unspecified atom stereocenters. The van der Waals surface area contributed by atoms with Crippen molar-refractivity contribution in [2.75, 3.05) is 0 Å². The van der Waals surface area contributed by atoms with Crippen LogP contribution < -0.4 is 14.3 Å². The van der Waals surface area contributed by atoms with E-state index in [1.165, 1.54) is 52.8 Å². The van der Waals surface area contributed by atoms with Gasteiger partial charge in [-0.25, -0.2) is 0 Å². The molecule has 0 saturated heterocycles. The molecular weight excluding hydrogens is 689 g/mol. The summed E-state index contributed by atoms with van der Waals surface area (Å²) in [5.41, 5.74) is 0. The summed E-state index contributed by atoms with van der Waals surface area (Å²) in [6.07, 6.45) is 7.21. The molecule has 0 aliphatic carbocycles. The monoisotopic (exact) mass is 736 g/mol. The molecular formula is C36H47OSbSn. The molecule has 0 saturated carbocycles. The van der Waals surface area contributed by atoms with E-state index in [1.807, 2.05) is 0 Å². The molecule has 3 heteroatoms. The van der Waals surface area contributed by atoms with Gasteiger partial charge in [-0.3, -0.25) is 0 Å². The van der Waals surface area contributed by atoms with Crippen molar-refractivity contribution in [1.82, 2.24) is 0 Å². The zero-order chi connectivity index (χ0) is 27.8. The van der Waals surface area contributed by atoms with E-state index in [1.54, 1.807) is 0 Å². The Bertz CT molecular complexity index is 1030. The van der Waals surface area contributed by atoms with Crippen molar-refractivity contribution < 1.29 is 3.02 Å². The van der Waals surface area contributed by atoms with Crippen LogP contribution in [0.3, 0.4) is 0 Å². The zero-order valence-corrected chi connectivity index (χ0v) is 29.7. The van der Waals surface area contributed by atoms with Gasteiger partial charge in [-0.05, 0) is 0 Å². The number of unbranched alkanes of at least 4 members (excludes halogenated alkanes) is 3. The molecule has 0 N–H and O–H groups in total. The summed E-state index contributed by atoms with van der Waals surface area (Å²) in [6.45, 7) is 6.60. The van der Waals surface area contributed by atoms with Gasteiger partial charge >= 0.3 is 248 Å². The van der Waals surface area contributed by atoms with Crippen LogP contribution in [0.25, 0.3) is 0 Å². The average molecular weight is 736 g/mol. The van der Waals surface area contributed by atoms with Crippen LogP contribution >= 0.6 is 0 Å². The van der Waals surface area contributed by atoms with E-state index < -0.39 is 37.2 Å². The Morgan fingerprint density at radius 2 is 0.667 bits per heavy atom. The SMILES string of the molecule is CCC[CH2][Sb](=[O])([CH2]CCC)[CH2]CCC.c1cc[c]([Sn]([c]2ccccc2)([c]2ccccc2)[c]2ccccc2)cc1. The zero-order valence-electron chi connectivity index (χ0n) is 24.3. The van der Waals surface area contributed by atoms with Gasteiger partial charge in [-0.1, -0.05) is 0 Å². The Labute approximate surface area is 246 Å². The number of benzene rings is 4. The second-order valence-corrected chi connectivity index (χ2v) is 31.2. The van der Waals surface area contributed by atoms with Gasteiger partial charge in [0.25, 0.3) is 0 Å². The molecule has 0 atom stereocenters. The van der Waals surface area contributed by atoms with Gasteiger partial charge in [0.1, 0.15) is 0 Å². The molecule has 0 fully saturated rings. The van der Waals surface area contributed by atoms with Gasteiger partial charge < -0.3 is 0 Å². The maximum atomic E-state index is 12.6. The van der Waals surface area contributed by atoms with Crippen LogP contribution in [-0.4, -0.2) is 37.2 Å². The molecule has 4 aromatic rings. The van der Waals surface area contributed by atoms with E-state index in [0.717, 1.165) is 13.1 Å². The Kier molecular flexibility index (Phi) is 14.0. The van der Waals surface area contributed by atoms with Crippen LogP contribution in [0.2, 0.25) is 13.1 Å².